The minimum atomic E-state index is -0.660. The van der Waals surface area contributed by atoms with Crippen molar-refractivity contribution in [3.8, 4) is 0 Å². The van der Waals surface area contributed by atoms with E-state index in [1.165, 1.54) is 0 Å². The zero-order valence-corrected chi connectivity index (χ0v) is 17.5. The van der Waals surface area contributed by atoms with Crippen molar-refractivity contribution in [1.29, 1.82) is 0 Å². The molecule has 2 rings (SSSR count). The lowest BCUT2D eigenvalue weighted by atomic mass is 10.1. The molecular weight excluding hydrogens is 354 g/mol. The van der Waals surface area contributed by atoms with Crippen molar-refractivity contribution in [1.82, 2.24) is 15.2 Å². The summed E-state index contributed by atoms with van der Waals surface area (Å²) in [7, 11) is 1.85. The molecule has 0 saturated carbocycles. The summed E-state index contributed by atoms with van der Waals surface area (Å²) in [4.78, 5) is 18.3. The second-order valence-corrected chi connectivity index (χ2v) is 7.82. The van der Waals surface area contributed by atoms with Gasteiger partial charge in [0.15, 0.2) is 11.5 Å². The number of aryl methyl sites for hydroxylation is 1. The number of nitrogens with one attached hydrogen (secondary N) is 1. The summed E-state index contributed by atoms with van der Waals surface area (Å²) in [6.07, 6.45) is 0.585. The standard InChI is InChI=1S/C20H31N7O/c1-11(2)9-15(21)27(6)17-10-14(19(20(22)28)26-25-17)23-16-8-7-13(5)18(24-16)12(3)4/h7-8,10-12,15H,9,21H2,1-6H3,(H2,22,28)(H,23,24,25). The summed E-state index contributed by atoms with van der Waals surface area (Å²) >= 11 is 0. The first-order chi connectivity index (χ1) is 13.1. The topological polar surface area (TPSA) is 123 Å². The van der Waals surface area contributed by atoms with Gasteiger partial charge in [-0.2, -0.15) is 0 Å². The largest absolute Gasteiger partial charge is 0.364 e. The monoisotopic (exact) mass is 385 g/mol. The Labute approximate surface area is 166 Å². The fourth-order valence-electron chi connectivity index (χ4n) is 2.98. The van der Waals surface area contributed by atoms with Crippen LogP contribution < -0.4 is 21.7 Å². The van der Waals surface area contributed by atoms with Crippen molar-refractivity contribution in [2.24, 2.45) is 17.4 Å². The zero-order chi connectivity index (χ0) is 21.0. The summed E-state index contributed by atoms with van der Waals surface area (Å²) in [5.74, 6) is 1.23. The van der Waals surface area contributed by atoms with E-state index in [-0.39, 0.29) is 17.8 Å². The average molecular weight is 386 g/mol. The third kappa shape index (κ3) is 5.16. The van der Waals surface area contributed by atoms with Crippen molar-refractivity contribution in [2.45, 2.75) is 53.1 Å². The van der Waals surface area contributed by atoms with Gasteiger partial charge < -0.3 is 21.7 Å². The van der Waals surface area contributed by atoms with Gasteiger partial charge in [-0.1, -0.05) is 33.8 Å². The Balaban J connectivity index is 2.39. The average Bonchev–Trinajstić information content (AvgIpc) is 2.61. The highest BCUT2D eigenvalue weighted by Crippen LogP contribution is 2.25. The van der Waals surface area contributed by atoms with Crippen LogP contribution in [0.15, 0.2) is 18.2 Å². The van der Waals surface area contributed by atoms with Crippen molar-refractivity contribution in [3.05, 3.63) is 35.2 Å². The van der Waals surface area contributed by atoms with Crippen LogP contribution in [0.4, 0.5) is 17.3 Å². The van der Waals surface area contributed by atoms with E-state index in [4.69, 9.17) is 11.5 Å². The number of nitrogens with zero attached hydrogens (tertiary/aromatic N) is 4. The molecule has 0 aliphatic carbocycles. The second-order valence-electron chi connectivity index (χ2n) is 7.82. The molecule has 2 heterocycles. The number of pyridine rings is 1. The minimum absolute atomic E-state index is 0.0584. The van der Waals surface area contributed by atoms with Gasteiger partial charge in [0.25, 0.3) is 5.91 Å². The summed E-state index contributed by atoms with van der Waals surface area (Å²) in [5.41, 5.74) is 14.4. The number of nitrogens with two attached hydrogens (primary N) is 2. The molecule has 0 fully saturated rings. The summed E-state index contributed by atoms with van der Waals surface area (Å²) in [6, 6.07) is 5.58. The van der Waals surface area contributed by atoms with Crippen molar-refractivity contribution in [3.63, 3.8) is 0 Å². The molecule has 5 N–H and O–H groups in total. The molecule has 0 radical (unpaired) electrons. The van der Waals surface area contributed by atoms with Gasteiger partial charge in [-0.3, -0.25) is 4.79 Å². The molecule has 1 atom stereocenters. The first-order valence-corrected chi connectivity index (χ1v) is 9.50. The number of hydrogen-bond donors (Lipinski definition) is 3. The molecule has 2 aromatic rings. The third-order valence-electron chi connectivity index (χ3n) is 4.53. The van der Waals surface area contributed by atoms with E-state index in [9.17, 15) is 4.79 Å². The molecule has 28 heavy (non-hydrogen) atoms. The Morgan fingerprint density at radius 1 is 1.21 bits per heavy atom. The third-order valence-corrected chi connectivity index (χ3v) is 4.53. The molecule has 0 spiro atoms. The molecule has 0 saturated heterocycles. The Kier molecular flexibility index (Phi) is 6.90. The maximum atomic E-state index is 11.8. The predicted molar refractivity (Wildman–Crippen MR) is 113 cm³/mol. The van der Waals surface area contributed by atoms with Gasteiger partial charge in [0.05, 0.1) is 11.9 Å². The molecule has 0 aliphatic heterocycles. The number of hydrogen-bond acceptors (Lipinski definition) is 7. The SMILES string of the molecule is Cc1ccc(Nc2cc(N(C)C(N)CC(C)C)nnc2C(N)=O)nc1C(C)C. The van der Waals surface area contributed by atoms with E-state index >= 15 is 0 Å². The molecule has 0 aromatic carbocycles. The van der Waals surface area contributed by atoms with Gasteiger partial charge in [-0.05, 0) is 36.8 Å². The smallest absolute Gasteiger partial charge is 0.271 e. The van der Waals surface area contributed by atoms with Crippen molar-refractivity contribution in [2.75, 3.05) is 17.3 Å². The van der Waals surface area contributed by atoms with Gasteiger partial charge in [0, 0.05) is 18.8 Å². The maximum Gasteiger partial charge on any atom is 0.271 e. The molecular formula is C20H31N7O. The Morgan fingerprint density at radius 3 is 2.46 bits per heavy atom. The van der Waals surface area contributed by atoms with Crippen molar-refractivity contribution >= 4 is 23.2 Å². The van der Waals surface area contributed by atoms with E-state index in [0.29, 0.717) is 23.2 Å². The molecule has 8 nitrogen and oxygen atoms in total. The van der Waals surface area contributed by atoms with Crippen LogP contribution in [0.25, 0.3) is 0 Å². The fraction of sp³-hybridized carbons (Fsp3) is 0.500. The molecule has 2 aromatic heterocycles. The lowest BCUT2D eigenvalue weighted by molar-refractivity contribution is 0.0995. The van der Waals surface area contributed by atoms with Gasteiger partial charge in [0.2, 0.25) is 0 Å². The number of aromatic nitrogens is 3. The number of anilines is 3. The van der Waals surface area contributed by atoms with Crippen LogP contribution in [-0.4, -0.2) is 34.3 Å². The Bertz CT molecular complexity index is 835. The highest BCUT2D eigenvalue weighted by atomic mass is 16.1. The van der Waals surface area contributed by atoms with Gasteiger partial charge >= 0.3 is 0 Å². The number of rotatable bonds is 8. The summed E-state index contributed by atoms with van der Waals surface area (Å²) < 4.78 is 0. The maximum absolute atomic E-state index is 11.8. The Morgan fingerprint density at radius 2 is 1.89 bits per heavy atom. The van der Waals surface area contributed by atoms with Crippen LogP contribution in [0.1, 0.15) is 61.8 Å². The molecule has 0 aliphatic rings. The summed E-state index contributed by atoms with van der Waals surface area (Å²) in [5, 5.41) is 11.3. The van der Waals surface area contributed by atoms with E-state index in [2.05, 4.69) is 48.2 Å². The predicted octanol–water partition coefficient (Wildman–Crippen LogP) is 2.91. The first kappa shape index (κ1) is 21.6. The van der Waals surface area contributed by atoms with Gasteiger partial charge in [-0.15, -0.1) is 10.2 Å². The minimum Gasteiger partial charge on any atom is -0.364 e. The molecule has 152 valence electrons. The van der Waals surface area contributed by atoms with Crippen LogP contribution in [0, 0.1) is 12.8 Å². The molecule has 1 unspecified atom stereocenters. The zero-order valence-electron chi connectivity index (χ0n) is 17.5. The summed E-state index contributed by atoms with van der Waals surface area (Å²) in [6.45, 7) is 10.4. The fourth-order valence-corrected chi connectivity index (χ4v) is 2.98. The van der Waals surface area contributed by atoms with E-state index in [1.807, 2.05) is 31.0 Å². The van der Waals surface area contributed by atoms with Crippen LogP contribution >= 0.6 is 0 Å². The highest BCUT2D eigenvalue weighted by Gasteiger charge is 2.19. The van der Waals surface area contributed by atoms with E-state index in [1.54, 1.807) is 6.07 Å². The first-order valence-electron chi connectivity index (χ1n) is 9.50. The number of amides is 1. The highest BCUT2D eigenvalue weighted by molar-refractivity contribution is 5.97. The lowest BCUT2D eigenvalue weighted by Gasteiger charge is -2.27. The van der Waals surface area contributed by atoms with Crippen LogP contribution in [0.5, 0.6) is 0 Å². The molecule has 1 amide bonds. The Hall–Kier alpha value is -2.74. The number of primary amides is 1. The van der Waals surface area contributed by atoms with Crippen LogP contribution in [-0.2, 0) is 0 Å². The quantitative estimate of drug-likeness (QED) is 0.597. The number of carbonyl (C=O) groups is 1. The molecule has 8 heteroatoms. The molecule has 0 bridgehead atoms. The van der Waals surface area contributed by atoms with Crippen molar-refractivity contribution < 1.29 is 4.79 Å². The van der Waals surface area contributed by atoms with Crippen LogP contribution in [0.2, 0.25) is 0 Å². The van der Waals surface area contributed by atoms with Crippen LogP contribution in [0.3, 0.4) is 0 Å². The van der Waals surface area contributed by atoms with E-state index < -0.39 is 5.91 Å². The van der Waals surface area contributed by atoms with E-state index in [0.717, 1.165) is 17.7 Å². The lowest BCUT2D eigenvalue weighted by Crippen LogP contribution is -2.41. The normalized spacial score (nSPS) is 12.3. The number of carbonyl (C=O) groups excluding carboxylic acids is 1. The van der Waals surface area contributed by atoms with Gasteiger partial charge in [0.1, 0.15) is 5.82 Å². The second kappa shape index (κ2) is 8.97. The van der Waals surface area contributed by atoms with Gasteiger partial charge in [-0.25, -0.2) is 4.98 Å².